The highest BCUT2D eigenvalue weighted by Crippen LogP contribution is 2.23. The predicted octanol–water partition coefficient (Wildman–Crippen LogP) is 3.05. The number of carbonyl (C=O) groups is 1. The quantitative estimate of drug-likeness (QED) is 0.712. The molecule has 0 unspecified atom stereocenters. The smallest absolute Gasteiger partial charge is 0.257 e. The normalized spacial score (nSPS) is 11.6. The van der Waals surface area contributed by atoms with Gasteiger partial charge in [0, 0.05) is 31.2 Å². The monoisotopic (exact) mass is 399 g/mol. The highest BCUT2D eigenvalue weighted by atomic mass is 32.2. The molecule has 0 atom stereocenters. The van der Waals surface area contributed by atoms with Gasteiger partial charge in [-0.25, -0.2) is 12.7 Å². The van der Waals surface area contributed by atoms with Crippen molar-refractivity contribution in [2.45, 2.75) is 11.8 Å². The highest BCUT2D eigenvalue weighted by Gasteiger charge is 2.18. The number of methoxy groups -OCH3 is 1. The van der Waals surface area contributed by atoms with E-state index in [1.165, 1.54) is 26.2 Å². The van der Waals surface area contributed by atoms with Crippen molar-refractivity contribution in [2.75, 3.05) is 26.5 Å². The van der Waals surface area contributed by atoms with Gasteiger partial charge in [0.1, 0.15) is 5.75 Å². The molecule has 0 saturated heterocycles. The predicted molar refractivity (Wildman–Crippen MR) is 108 cm³/mol. The molecule has 3 rings (SSSR count). The second-order valence-corrected chi connectivity index (χ2v) is 8.60. The van der Waals surface area contributed by atoms with Crippen LogP contribution in [0.15, 0.2) is 53.4 Å². The molecule has 0 aliphatic rings. The standard InChI is InChI=1S/C20H21N3O4S/c1-13-18(10-14-8-9-16(27-4)12-19(14)21-13)20(24)22-15-6-5-7-17(11-15)28(25,26)23(2)3/h5-12H,1-4H3,(H,22,24). The number of ether oxygens (including phenoxy) is 1. The lowest BCUT2D eigenvalue weighted by Gasteiger charge is -2.13. The number of aromatic nitrogens is 1. The summed E-state index contributed by atoms with van der Waals surface area (Å²) >= 11 is 0. The van der Waals surface area contributed by atoms with Crippen molar-refractivity contribution in [3.8, 4) is 5.75 Å². The first-order valence-corrected chi connectivity index (χ1v) is 9.95. The molecule has 1 amide bonds. The number of carbonyl (C=O) groups excluding carboxylic acids is 1. The summed E-state index contributed by atoms with van der Waals surface area (Å²) in [5, 5.41) is 3.56. The molecular weight excluding hydrogens is 378 g/mol. The number of rotatable bonds is 5. The van der Waals surface area contributed by atoms with E-state index in [1.54, 1.807) is 44.4 Å². The fourth-order valence-corrected chi connectivity index (χ4v) is 3.69. The molecule has 2 aromatic carbocycles. The molecular formula is C20H21N3O4S. The van der Waals surface area contributed by atoms with Gasteiger partial charge in [-0.15, -0.1) is 0 Å². The van der Waals surface area contributed by atoms with Crippen LogP contribution in [0.2, 0.25) is 0 Å². The third-order valence-corrected chi connectivity index (χ3v) is 6.14. The zero-order valence-corrected chi connectivity index (χ0v) is 16.9. The van der Waals surface area contributed by atoms with Gasteiger partial charge in [-0.3, -0.25) is 9.78 Å². The minimum atomic E-state index is -3.59. The van der Waals surface area contributed by atoms with Crippen LogP contribution in [0, 0.1) is 6.92 Å². The molecule has 0 aliphatic carbocycles. The average Bonchev–Trinajstić information content (AvgIpc) is 2.66. The summed E-state index contributed by atoms with van der Waals surface area (Å²) in [6, 6.07) is 13.3. The Morgan fingerprint density at radius 3 is 2.54 bits per heavy atom. The maximum absolute atomic E-state index is 12.8. The van der Waals surface area contributed by atoms with Crippen LogP contribution in [0.4, 0.5) is 5.69 Å². The van der Waals surface area contributed by atoms with Gasteiger partial charge in [-0.2, -0.15) is 0 Å². The minimum absolute atomic E-state index is 0.107. The maximum Gasteiger partial charge on any atom is 0.257 e. The average molecular weight is 399 g/mol. The number of fused-ring (bicyclic) bond motifs is 1. The van der Waals surface area contributed by atoms with E-state index in [0.29, 0.717) is 22.7 Å². The van der Waals surface area contributed by atoms with Crippen molar-refractivity contribution >= 4 is 32.5 Å². The SMILES string of the molecule is COc1ccc2cc(C(=O)Nc3cccc(S(=O)(=O)N(C)C)c3)c(C)nc2c1. The molecule has 1 heterocycles. The lowest BCUT2D eigenvalue weighted by Crippen LogP contribution is -2.22. The third kappa shape index (κ3) is 3.83. The van der Waals surface area contributed by atoms with Crippen molar-refractivity contribution in [1.82, 2.24) is 9.29 Å². The number of sulfonamides is 1. The topological polar surface area (TPSA) is 88.6 Å². The van der Waals surface area contributed by atoms with Crippen molar-refractivity contribution in [1.29, 1.82) is 0 Å². The van der Waals surface area contributed by atoms with Gasteiger partial charge in [-0.1, -0.05) is 6.07 Å². The van der Waals surface area contributed by atoms with Gasteiger partial charge in [0.25, 0.3) is 5.91 Å². The van der Waals surface area contributed by atoms with Gasteiger partial charge in [0.05, 0.1) is 28.8 Å². The number of hydrogen-bond acceptors (Lipinski definition) is 5. The summed E-state index contributed by atoms with van der Waals surface area (Å²) in [6.07, 6.45) is 0. The van der Waals surface area contributed by atoms with Gasteiger partial charge >= 0.3 is 0 Å². The summed E-state index contributed by atoms with van der Waals surface area (Å²) in [6.45, 7) is 1.75. The Balaban J connectivity index is 1.92. The fraction of sp³-hybridized carbons (Fsp3) is 0.200. The molecule has 0 bridgehead atoms. The Kier molecular flexibility index (Phi) is 5.35. The Morgan fingerprint density at radius 2 is 1.86 bits per heavy atom. The lowest BCUT2D eigenvalue weighted by molar-refractivity contribution is 0.102. The molecule has 3 aromatic rings. The first-order chi connectivity index (χ1) is 13.2. The zero-order valence-electron chi connectivity index (χ0n) is 16.1. The van der Waals surface area contributed by atoms with Gasteiger partial charge < -0.3 is 10.1 Å². The summed E-state index contributed by atoms with van der Waals surface area (Å²) in [5.41, 5.74) is 2.10. The second kappa shape index (κ2) is 7.57. The largest absolute Gasteiger partial charge is 0.497 e. The zero-order chi connectivity index (χ0) is 20.5. The first-order valence-electron chi connectivity index (χ1n) is 8.51. The number of benzene rings is 2. The van der Waals surface area contributed by atoms with E-state index < -0.39 is 10.0 Å². The molecule has 0 saturated carbocycles. The number of aryl methyl sites for hydroxylation is 1. The number of anilines is 1. The van der Waals surface area contributed by atoms with Crippen LogP contribution in [0.25, 0.3) is 10.9 Å². The van der Waals surface area contributed by atoms with Gasteiger partial charge in [-0.05, 0) is 43.3 Å². The van der Waals surface area contributed by atoms with E-state index >= 15 is 0 Å². The van der Waals surface area contributed by atoms with Crippen LogP contribution in [-0.2, 0) is 10.0 Å². The molecule has 0 aliphatic heterocycles. The molecule has 28 heavy (non-hydrogen) atoms. The van der Waals surface area contributed by atoms with Gasteiger partial charge in [0.2, 0.25) is 10.0 Å². The summed E-state index contributed by atoms with van der Waals surface area (Å²) in [4.78, 5) is 17.4. The molecule has 0 fully saturated rings. The summed E-state index contributed by atoms with van der Waals surface area (Å²) in [5.74, 6) is 0.331. The Hall–Kier alpha value is -2.97. The highest BCUT2D eigenvalue weighted by molar-refractivity contribution is 7.89. The lowest BCUT2D eigenvalue weighted by atomic mass is 10.1. The molecule has 1 aromatic heterocycles. The van der Waals surface area contributed by atoms with Crippen LogP contribution in [0.5, 0.6) is 5.75 Å². The van der Waals surface area contributed by atoms with Crippen molar-refractivity contribution in [3.63, 3.8) is 0 Å². The summed E-state index contributed by atoms with van der Waals surface area (Å²) in [7, 11) is 0.914. The van der Waals surface area contributed by atoms with E-state index in [2.05, 4.69) is 10.3 Å². The molecule has 0 spiro atoms. The molecule has 1 N–H and O–H groups in total. The number of nitrogens with one attached hydrogen (secondary N) is 1. The van der Waals surface area contributed by atoms with Crippen LogP contribution in [0.1, 0.15) is 16.1 Å². The second-order valence-electron chi connectivity index (χ2n) is 6.45. The summed E-state index contributed by atoms with van der Waals surface area (Å²) < 4.78 is 30.9. The van der Waals surface area contributed by atoms with Gasteiger partial charge in [0.15, 0.2) is 0 Å². The van der Waals surface area contributed by atoms with Crippen molar-refractivity contribution in [2.24, 2.45) is 0 Å². The number of amides is 1. The van der Waals surface area contributed by atoms with E-state index in [9.17, 15) is 13.2 Å². The number of hydrogen-bond donors (Lipinski definition) is 1. The third-order valence-electron chi connectivity index (χ3n) is 4.33. The van der Waals surface area contributed by atoms with Crippen LogP contribution in [0.3, 0.4) is 0 Å². The number of pyridine rings is 1. The van der Waals surface area contributed by atoms with Crippen molar-refractivity contribution in [3.05, 3.63) is 59.8 Å². The Bertz CT molecular complexity index is 1160. The van der Waals surface area contributed by atoms with E-state index in [4.69, 9.17) is 4.74 Å². The molecule has 8 heteroatoms. The molecule has 7 nitrogen and oxygen atoms in total. The minimum Gasteiger partial charge on any atom is -0.497 e. The van der Waals surface area contributed by atoms with Crippen molar-refractivity contribution < 1.29 is 17.9 Å². The first kappa shape index (κ1) is 19.8. The van der Waals surface area contributed by atoms with E-state index in [0.717, 1.165) is 15.2 Å². The van der Waals surface area contributed by atoms with Crippen LogP contribution in [-0.4, -0.2) is 44.8 Å². The van der Waals surface area contributed by atoms with Crippen LogP contribution < -0.4 is 10.1 Å². The molecule has 0 radical (unpaired) electrons. The van der Waals surface area contributed by atoms with E-state index in [1.807, 2.05) is 6.07 Å². The number of nitrogens with zero attached hydrogens (tertiary/aromatic N) is 2. The maximum atomic E-state index is 12.8. The van der Waals surface area contributed by atoms with E-state index in [-0.39, 0.29) is 10.8 Å². The molecule has 146 valence electrons. The Morgan fingerprint density at radius 1 is 1.11 bits per heavy atom. The Labute approximate surface area is 164 Å². The van der Waals surface area contributed by atoms with Crippen LogP contribution >= 0.6 is 0 Å². The fourth-order valence-electron chi connectivity index (χ4n) is 2.74.